The normalized spacial score (nSPS) is 23.5. The van der Waals surface area contributed by atoms with Crippen LogP contribution in [0.3, 0.4) is 0 Å². The van der Waals surface area contributed by atoms with E-state index in [1.54, 1.807) is 0 Å². The number of amides is 1. The van der Waals surface area contributed by atoms with Gasteiger partial charge in [-0.3, -0.25) is 14.7 Å². The van der Waals surface area contributed by atoms with Gasteiger partial charge in [-0.1, -0.05) is 36.4 Å². The molecule has 1 aromatic heterocycles. The van der Waals surface area contributed by atoms with Crippen LogP contribution in [0.4, 0.5) is 8.78 Å². The summed E-state index contributed by atoms with van der Waals surface area (Å²) in [5.74, 6) is -3.05. The minimum atomic E-state index is -2.63. The molecule has 43 heavy (non-hydrogen) atoms. The van der Waals surface area contributed by atoms with Crippen LogP contribution in [0.5, 0.6) is 0 Å². The minimum absolute atomic E-state index is 0.0861. The van der Waals surface area contributed by atoms with Gasteiger partial charge in [0.2, 0.25) is 11.8 Å². The summed E-state index contributed by atoms with van der Waals surface area (Å²) >= 11 is 0. The van der Waals surface area contributed by atoms with Crippen LogP contribution in [0.1, 0.15) is 86.7 Å². The van der Waals surface area contributed by atoms with Crippen LogP contribution in [0.15, 0.2) is 48.7 Å². The summed E-state index contributed by atoms with van der Waals surface area (Å²) in [4.78, 5) is 23.1. The number of aromatic nitrogens is 1. The van der Waals surface area contributed by atoms with Gasteiger partial charge in [-0.25, -0.2) is 8.78 Å². The molecule has 2 aliphatic carbocycles. The second kappa shape index (κ2) is 15.5. The zero-order valence-corrected chi connectivity index (χ0v) is 25.5. The molecule has 0 spiro atoms. The number of nitrogens with two attached hydrogens (primary N) is 1. The van der Waals surface area contributed by atoms with Crippen molar-refractivity contribution < 1.29 is 13.6 Å². The molecule has 1 saturated carbocycles. The van der Waals surface area contributed by atoms with Crippen LogP contribution in [0.2, 0.25) is 0 Å². The number of carbonyl (C=O) groups is 1. The maximum atomic E-state index is 13.7. The van der Waals surface area contributed by atoms with Gasteiger partial charge in [0.15, 0.2) is 0 Å². The molecule has 3 aliphatic rings. The van der Waals surface area contributed by atoms with Crippen molar-refractivity contribution >= 4 is 5.91 Å². The first-order valence-electron chi connectivity index (χ1n) is 16.5. The van der Waals surface area contributed by atoms with E-state index in [4.69, 9.17) is 10.7 Å². The zero-order valence-electron chi connectivity index (χ0n) is 25.5. The van der Waals surface area contributed by atoms with Crippen molar-refractivity contribution in [3.05, 3.63) is 65.5 Å². The van der Waals surface area contributed by atoms with E-state index in [2.05, 4.69) is 44.7 Å². The van der Waals surface area contributed by atoms with E-state index in [1.165, 1.54) is 17.7 Å². The fourth-order valence-corrected chi connectivity index (χ4v) is 7.19. The third kappa shape index (κ3) is 9.03. The number of hydrogen-bond acceptors (Lipinski definition) is 6. The third-order valence-electron chi connectivity index (χ3n) is 9.64. The topological polar surface area (TPSA) is 86.5 Å². The van der Waals surface area contributed by atoms with Crippen molar-refractivity contribution in [3.8, 4) is 0 Å². The summed E-state index contributed by atoms with van der Waals surface area (Å²) in [5, 5.41) is 7.02. The van der Waals surface area contributed by atoms with Crippen LogP contribution in [-0.4, -0.2) is 78.5 Å². The number of aryl methyl sites for hydroxylation is 1. The molecule has 4 N–H and O–H groups in total. The van der Waals surface area contributed by atoms with Gasteiger partial charge in [0, 0.05) is 63.7 Å². The zero-order chi connectivity index (χ0) is 30.1. The Hall–Kier alpha value is -2.46. The van der Waals surface area contributed by atoms with Gasteiger partial charge < -0.3 is 21.3 Å². The number of hydrogen-bond donors (Lipinski definition) is 3. The Morgan fingerprint density at radius 3 is 2.74 bits per heavy atom. The van der Waals surface area contributed by atoms with E-state index in [1.807, 2.05) is 24.4 Å². The lowest BCUT2D eigenvalue weighted by atomic mass is 9.86. The van der Waals surface area contributed by atoms with Gasteiger partial charge in [-0.2, -0.15) is 0 Å². The fourth-order valence-electron chi connectivity index (χ4n) is 7.19. The highest BCUT2D eigenvalue weighted by atomic mass is 19.3. The minimum Gasteiger partial charge on any atom is -0.349 e. The molecule has 1 saturated heterocycles. The Morgan fingerprint density at radius 1 is 1.14 bits per heavy atom. The van der Waals surface area contributed by atoms with Crippen molar-refractivity contribution in [2.75, 3.05) is 45.8 Å². The first-order chi connectivity index (χ1) is 20.9. The van der Waals surface area contributed by atoms with E-state index in [9.17, 15) is 13.6 Å². The van der Waals surface area contributed by atoms with Gasteiger partial charge in [0.25, 0.3) is 0 Å². The molecule has 1 aromatic carbocycles. The average molecular weight is 597 g/mol. The molecule has 0 bridgehead atoms. The number of piperazine rings is 1. The van der Waals surface area contributed by atoms with Gasteiger partial charge in [0.05, 0.1) is 17.8 Å². The van der Waals surface area contributed by atoms with E-state index >= 15 is 0 Å². The van der Waals surface area contributed by atoms with Crippen LogP contribution in [0.25, 0.3) is 0 Å². The van der Waals surface area contributed by atoms with Gasteiger partial charge >= 0.3 is 0 Å². The van der Waals surface area contributed by atoms with Crippen molar-refractivity contribution in [1.29, 1.82) is 0 Å². The van der Waals surface area contributed by atoms with Crippen molar-refractivity contribution in [3.63, 3.8) is 0 Å². The Labute approximate surface area is 256 Å². The Bertz CT molecular complexity index is 1140. The van der Waals surface area contributed by atoms with Crippen LogP contribution < -0.4 is 16.4 Å². The fraction of sp³-hybridized carbons (Fsp3) is 0.647. The molecule has 1 amide bonds. The monoisotopic (exact) mass is 596 g/mol. The average Bonchev–Trinajstić information content (AvgIpc) is 3.03. The summed E-state index contributed by atoms with van der Waals surface area (Å²) in [5.41, 5.74) is 9.55. The van der Waals surface area contributed by atoms with E-state index in [-0.39, 0.29) is 43.6 Å². The second-order valence-corrected chi connectivity index (χ2v) is 12.8. The smallest absolute Gasteiger partial charge is 0.248 e. The maximum absolute atomic E-state index is 13.7. The van der Waals surface area contributed by atoms with Crippen LogP contribution in [-0.2, 0) is 11.2 Å². The second-order valence-electron chi connectivity index (χ2n) is 12.8. The van der Waals surface area contributed by atoms with Crippen molar-refractivity contribution in [2.45, 2.75) is 88.3 Å². The molecular formula is C34H50F2N6O. The number of rotatable bonds is 13. The standard InChI is InChI=1S/C34H50F2N6O/c35-34(36)16-13-28(14-17-34)33(43)40-30(26-8-2-1-3-9-26)15-22-41-23-20-38-29(24-41)25-42(21-5-4-18-37)31-12-6-10-27-11-7-19-39-32(27)31/h1-3,7-9,11,19,28-31,38H,4-6,10,12-18,20-25,37H2,(H,40,43)/t29?,30-,31?/m0/s1. The molecule has 1 aliphatic heterocycles. The number of nitrogens with one attached hydrogen (secondary N) is 2. The lowest BCUT2D eigenvalue weighted by Crippen LogP contribution is -2.55. The number of unbranched alkanes of at least 4 members (excludes halogenated alkanes) is 1. The summed E-state index contributed by atoms with van der Waals surface area (Å²) < 4.78 is 27.4. The summed E-state index contributed by atoms with van der Waals surface area (Å²) in [6.45, 7) is 6.40. The summed E-state index contributed by atoms with van der Waals surface area (Å²) in [6.07, 6.45) is 8.37. The predicted octanol–water partition coefficient (Wildman–Crippen LogP) is 4.85. The highest BCUT2D eigenvalue weighted by molar-refractivity contribution is 5.79. The van der Waals surface area contributed by atoms with Crippen LogP contribution >= 0.6 is 0 Å². The van der Waals surface area contributed by atoms with Crippen molar-refractivity contribution in [2.24, 2.45) is 11.7 Å². The Kier molecular flexibility index (Phi) is 11.5. The molecular weight excluding hydrogens is 546 g/mol. The van der Waals surface area contributed by atoms with Gasteiger partial charge in [-0.05, 0) is 81.6 Å². The highest BCUT2D eigenvalue weighted by Crippen LogP contribution is 2.37. The lowest BCUT2D eigenvalue weighted by molar-refractivity contribution is -0.130. The molecule has 0 radical (unpaired) electrons. The molecule has 2 aromatic rings. The maximum Gasteiger partial charge on any atom is 0.248 e. The first-order valence-corrected chi connectivity index (χ1v) is 16.5. The molecule has 7 nitrogen and oxygen atoms in total. The molecule has 5 rings (SSSR count). The molecule has 2 heterocycles. The SMILES string of the molecule is NCCCCN(CC1CN(CC[C@H](NC(=O)C2CCC(F)(F)CC2)c2ccccc2)CCN1)C1CCCc2cccnc21. The van der Waals surface area contributed by atoms with Gasteiger partial charge in [0.1, 0.15) is 0 Å². The number of benzene rings is 1. The number of nitrogens with zero attached hydrogens (tertiary/aromatic N) is 3. The van der Waals surface area contributed by atoms with E-state index < -0.39 is 5.92 Å². The van der Waals surface area contributed by atoms with E-state index in [0.717, 1.165) is 83.5 Å². The molecule has 236 valence electrons. The summed E-state index contributed by atoms with van der Waals surface area (Å²) in [6, 6.07) is 14.9. The largest absolute Gasteiger partial charge is 0.349 e. The highest BCUT2D eigenvalue weighted by Gasteiger charge is 2.38. The number of pyridine rings is 1. The predicted molar refractivity (Wildman–Crippen MR) is 167 cm³/mol. The Morgan fingerprint density at radius 2 is 1.95 bits per heavy atom. The van der Waals surface area contributed by atoms with Crippen LogP contribution in [0, 0.1) is 5.92 Å². The molecule has 2 fully saturated rings. The molecule has 3 atom stereocenters. The Balaban J connectivity index is 1.20. The van der Waals surface area contributed by atoms with E-state index in [0.29, 0.717) is 12.1 Å². The number of carbonyl (C=O) groups excluding carboxylic acids is 1. The lowest BCUT2D eigenvalue weighted by Gasteiger charge is -2.41. The number of halogens is 2. The number of alkyl halides is 2. The first kappa shape index (κ1) is 31.9. The molecule has 9 heteroatoms. The quantitative estimate of drug-likeness (QED) is 0.287. The third-order valence-corrected chi connectivity index (χ3v) is 9.64. The summed E-state index contributed by atoms with van der Waals surface area (Å²) in [7, 11) is 0. The van der Waals surface area contributed by atoms with Crippen molar-refractivity contribution in [1.82, 2.24) is 25.4 Å². The molecule has 2 unspecified atom stereocenters. The number of fused-ring (bicyclic) bond motifs is 1. The van der Waals surface area contributed by atoms with Gasteiger partial charge in [-0.15, -0.1) is 0 Å².